The molecule has 0 saturated heterocycles. The fraction of sp³-hybridized carbons (Fsp3) is 0.600. The third-order valence-corrected chi connectivity index (χ3v) is 6.94. The van der Waals surface area contributed by atoms with Gasteiger partial charge in [0.15, 0.2) is 0 Å². The Labute approximate surface area is 153 Å². The summed E-state index contributed by atoms with van der Waals surface area (Å²) < 4.78 is 68.5. The van der Waals surface area contributed by atoms with Crippen LogP contribution in [0.2, 0.25) is 0 Å². The number of rotatable bonds is 8. The van der Waals surface area contributed by atoms with Crippen molar-refractivity contribution in [3.63, 3.8) is 0 Å². The zero-order valence-electron chi connectivity index (χ0n) is 14.0. The fourth-order valence-corrected chi connectivity index (χ4v) is 5.34. The number of unbranched alkanes of at least 4 members (excludes halogenated alkanes) is 1. The minimum atomic E-state index is -4.69. The predicted octanol–water partition coefficient (Wildman–Crippen LogP) is 3.91. The van der Waals surface area contributed by atoms with Crippen LogP contribution >= 0.6 is 11.3 Å². The van der Waals surface area contributed by atoms with Crippen molar-refractivity contribution in [2.45, 2.75) is 51.4 Å². The summed E-state index contributed by atoms with van der Waals surface area (Å²) in [6.07, 6.45) is -1.63. The van der Waals surface area contributed by atoms with Gasteiger partial charge in [0, 0.05) is 17.5 Å². The molecule has 2 heterocycles. The van der Waals surface area contributed by atoms with Crippen LogP contribution in [-0.4, -0.2) is 34.7 Å². The highest BCUT2D eigenvalue weighted by atomic mass is 32.2. The largest absolute Gasteiger partial charge is 0.471 e. The van der Waals surface area contributed by atoms with Gasteiger partial charge in [-0.3, -0.25) is 0 Å². The lowest BCUT2D eigenvalue weighted by atomic mass is 10.4. The van der Waals surface area contributed by atoms with Crippen LogP contribution in [0.25, 0.3) is 10.7 Å². The first-order chi connectivity index (χ1) is 12.2. The van der Waals surface area contributed by atoms with E-state index in [2.05, 4.69) is 14.7 Å². The van der Waals surface area contributed by atoms with Gasteiger partial charge in [0.2, 0.25) is 15.8 Å². The van der Waals surface area contributed by atoms with E-state index in [-0.39, 0.29) is 24.2 Å². The predicted molar refractivity (Wildman–Crippen MR) is 89.9 cm³/mol. The third kappa shape index (κ3) is 4.44. The molecule has 1 aliphatic carbocycles. The van der Waals surface area contributed by atoms with Crippen molar-refractivity contribution in [1.82, 2.24) is 14.4 Å². The van der Waals surface area contributed by atoms with Crippen LogP contribution in [-0.2, 0) is 22.7 Å². The van der Waals surface area contributed by atoms with Crippen LogP contribution in [0.1, 0.15) is 43.4 Å². The van der Waals surface area contributed by atoms with E-state index in [9.17, 15) is 21.6 Å². The molecule has 6 nitrogen and oxygen atoms in total. The molecule has 3 rings (SSSR count). The Kier molecular flexibility index (Phi) is 5.40. The highest BCUT2D eigenvalue weighted by Gasteiger charge is 2.39. The minimum Gasteiger partial charge on any atom is -0.329 e. The highest BCUT2D eigenvalue weighted by molar-refractivity contribution is 7.89. The molecule has 26 heavy (non-hydrogen) atoms. The van der Waals surface area contributed by atoms with Gasteiger partial charge in [0.05, 0.1) is 10.6 Å². The second kappa shape index (κ2) is 7.28. The van der Waals surface area contributed by atoms with E-state index < -0.39 is 22.1 Å². The molecule has 0 bridgehead atoms. The van der Waals surface area contributed by atoms with E-state index in [1.807, 2.05) is 6.92 Å². The average molecular weight is 409 g/mol. The lowest BCUT2D eigenvalue weighted by Gasteiger charge is -2.21. The summed E-state index contributed by atoms with van der Waals surface area (Å²) in [6.45, 7) is 2.15. The molecule has 0 amide bonds. The summed E-state index contributed by atoms with van der Waals surface area (Å²) in [5.74, 6) is -1.44. The molecule has 1 fully saturated rings. The summed E-state index contributed by atoms with van der Waals surface area (Å²) in [4.78, 5) is 4.49. The second-order valence-corrected chi connectivity index (χ2v) is 9.34. The number of halogens is 3. The van der Waals surface area contributed by atoms with E-state index in [1.165, 1.54) is 4.31 Å². The van der Waals surface area contributed by atoms with Crippen molar-refractivity contribution in [2.75, 3.05) is 5.75 Å². The molecule has 0 unspecified atom stereocenters. The molecule has 0 aromatic carbocycles. The molecular weight excluding hydrogens is 391 g/mol. The average Bonchev–Trinajstić information content (AvgIpc) is 3.08. The van der Waals surface area contributed by atoms with Crippen LogP contribution < -0.4 is 0 Å². The number of hydrogen-bond acceptors (Lipinski definition) is 6. The zero-order valence-corrected chi connectivity index (χ0v) is 15.6. The van der Waals surface area contributed by atoms with Crippen LogP contribution in [0.3, 0.4) is 0 Å². The number of sulfonamides is 1. The van der Waals surface area contributed by atoms with Crippen molar-refractivity contribution in [2.24, 2.45) is 0 Å². The Bertz CT molecular complexity index is 857. The van der Waals surface area contributed by atoms with Gasteiger partial charge in [0.1, 0.15) is 0 Å². The molecule has 2 aromatic rings. The van der Waals surface area contributed by atoms with E-state index in [4.69, 9.17) is 0 Å². The minimum absolute atomic E-state index is 0.0180. The smallest absolute Gasteiger partial charge is 0.329 e. The first-order valence-electron chi connectivity index (χ1n) is 8.20. The van der Waals surface area contributed by atoms with Crippen LogP contribution in [0.5, 0.6) is 0 Å². The number of aromatic nitrogens is 2. The molecule has 0 aliphatic heterocycles. The van der Waals surface area contributed by atoms with Gasteiger partial charge in [-0.25, -0.2) is 8.42 Å². The molecule has 2 aromatic heterocycles. The maximum Gasteiger partial charge on any atom is 0.471 e. The Morgan fingerprint density at radius 2 is 2.08 bits per heavy atom. The summed E-state index contributed by atoms with van der Waals surface area (Å²) >= 11 is 1.16. The lowest BCUT2D eigenvalue weighted by Crippen LogP contribution is -2.34. The number of nitrogens with zero attached hydrogens (tertiary/aromatic N) is 3. The summed E-state index contributed by atoms with van der Waals surface area (Å²) in [6, 6.07) is 3.28. The van der Waals surface area contributed by atoms with Crippen LogP contribution in [0.4, 0.5) is 13.2 Å². The second-order valence-electron chi connectivity index (χ2n) is 6.13. The van der Waals surface area contributed by atoms with Crippen molar-refractivity contribution >= 4 is 21.4 Å². The van der Waals surface area contributed by atoms with Gasteiger partial charge in [-0.15, -0.1) is 11.3 Å². The van der Waals surface area contributed by atoms with Crippen molar-refractivity contribution in [1.29, 1.82) is 0 Å². The van der Waals surface area contributed by atoms with Crippen LogP contribution in [0, 0.1) is 0 Å². The lowest BCUT2D eigenvalue weighted by molar-refractivity contribution is -0.159. The first-order valence-corrected chi connectivity index (χ1v) is 10.6. The molecular formula is C15H18F3N3O3S2. The standard InChI is InChI=1S/C15H18F3N3O3S2/c1-2-3-8-26(22,23)21(10-4-5-10)9-11-6-7-12(25-11)13-19-14(24-20-13)15(16,17)18/h6-7,10H,2-5,8-9H2,1H3. The zero-order chi connectivity index (χ0) is 18.9. The van der Waals surface area contributed by atoms with E-state index in [0.717, 1.165) is 35.5 Å². The molecule has 0 radical (unpaired) electrons. The molecule has 11 heteroatoms. The first kappa shape index (κ1) is 19.3. The van der Waals surface area contributed by atoms with Gasteiger partial charge in [0.25, 0.3) is 0 Å². The monoisotopic (exact) mass is 409 g/mol. The molecule has 0 N–H and O–H groups in total. The summed E-state index contributed by atoms with van der Waals surface area (Å²) in [5, 5.41) is 3.35. The van der Waals surface area contributed by atoms with Crippen molar-refractivity contribution in [3.05, 3.63) is 22.9 Å². The molecule has 1 aliphatic rings. The SMILES string of the molecule is CCCCS(=O)(=O)N(Cc1ccc(-c2noc(C(F)(F)F)n2)s1)C1CC1. The molecule has 1 saturated carbocycles. The summed E-state index contributed by atoms with van der Waals surface area (Å²) in [7, 11) is -3.35. The quantitative estimate of drug-likeness (QED) is 0.661. The van der Waals surface area contributed by atoms with E-state index in [0.29, 0.717) is 11.3 Å². The maximum atomic E-state index is 12.6. The Hall–Kier alpha value is -1.46. The third-order valence-electron chi connectivity index (χ3n) is 3.93. The summed E-state index contributed by atoms with van der Waals surface area (Å²) in [5.41, 5.74) is 0. The molecule has 144 valence electrons. The van der Waals surface area contributed by atoms with Crippen molar-refractivity contribution in [3.8, 4) is 10.7 Å². The van der Waals surface area contributed by atoms with E-state index >= 15 is 0 Å². The normalized spacial score (nSPS) is 15.7. The Morgan fingerprint density at radius 3 is 2.65 bits per heavy atom. The molecule has 0 spiro atoms. The Morgan fingerprint density at radius 1 is 1.35 bits per heavy atom. The van der Waals surface area contributed by atoms with E-state index in [1.54, 1.807) is 12.1 Å². The number of hydrogen-bond donors (Lipinski definition) is 0. The number of alkyl halides is 3. The molecule has 0 atom stereocenters. The fourth-order valence-electron chi connectivity index (χ4n) is 2.44. The van der Waals surface area contributed by atoms with Crippen LogP contribution in [0.15, 0.2) is 16.7 Å². The van der Waals surface area contributed by atoms with Gasteiger partial charge < -0.3 is 4.52 Å². The van der Waals surface area contributed by atoms with Crippen molar-refractivity contribution < 1.29 is 26.1 Å². The van der Waals surface area contributed by atoms with Gasteiger partial charge >= 0.3 is 12.1 Å². The maximum absolute atomic E-state index is 12.6. The highest BCUT2D eigenvalue weighted by Crippen LogP contribution is 2.35. The van der Waals surface area contributed by atoms with Gasteiger partial charge in [-0.05, 0) is 31.4 Å². The number of thiophene rings is 1. The van der Waals surface area contributed by atoms with Gasteiger partial charge in [-0.2, -0.15) is 22.5 Å². The Balaban J connectivity index is 1.75. The van der Waals surface area contributed by atoms with Gasteiger partial charge in [-0.1, -0.05) is 18.5 Å². The topological polar surface area (TPSA) is 76.3 Å².